The van der Waals surface area contributed by atoms with Gasteiger partial charge in [0.05, 0.1) is 0 Å². The van der Waals surface area contributed by atoms with Gasteiger partial charge in [-0.3, -0.25) is 0 Å². The summed E-state index contributed by atoms with van der Waals surface area (Å²) in [6, 6.07) is 0. The van der Waals surface area contributed by atoms with Crippen LogP contribution in [0.5, 0.6) is 0 Å². The van der Waals surface area contributed by atoms with Gasteiger partial charge in [-0.2, -0.15) is 0 Å². The standard InChI is InChI=1S/C5H12.B.H2O/c1-3-5-4-2;;/h3-5H2,1-2H3;;1H2. The van der Waals surface area contributed by atoms with Crippen molar-refractivity contribution in [3.8, 4) is 0 Å². The molecule has 43 valence electrons. The van der Waals surface area contributed by atoms with Crippen LogP contribution in [-0.4, -0.2) is 13.9 Å². The van der Waals surface area contributed by atoms with Gasteiger partial charge in [-0.1, -0.05) is 33.1 Å². The minimum atomic E-state index is 0. The highest BCUT2D eigenvalue weighted by Crippen LogP contribution is 1.88. The average Bonchev–Trinajstić information content (AvgIpc) is 1.41. The molecule has 0 bridgehead atoms. The lowest BCUT2D eigenvalue weighted by Gasteiger charge is -1.79. The maximum atomic E-state index is 2.21. The topological polar surface area (TPSA) is 31.5 Å². The highest BCUT2D eigenvalue weighted by Gasteiger charge is 1.68. The van der Waals surface area contributed by atoms with Crippen molar-refractivity contribution in [3.05, 3.63) is 0 Å². The predicted octanol–water partition coefficient (Wildman–Crippen LogP) is 0.991. The zero-order valence-corrected chi connectivity index (χ0v) is 5.20. The molecular weight excluding hydrogens is 86.9 g/mol. The largest absolute Gasteiger partial charge is 0.412 e. The first-order valence-electron chi connectivity index (χ1n) is 2.41. The summed E-state index contributed by atoms with van der Waals surface area (Å²) < 4.78 is 0. The molecule has 0 aliphatic rings. The molecular formula is C5H14BO. The molecule has 0 unspecified atom stereocenters. The molecule has 0 spiro atoms. The second kappa shape index (κ2) is 16.6. The van der Waals surface area contributed by atoms with Crippen molar-refractivity contribution in [2.45, 2.75) is 33.1 Å². The van der Waals surface area contributed by atoms with Crippen molar-refractivity contribution in [2.75, 3.05) is 0 Å². The molecule has 0 rings (SSSR count). The van der Waals surface area contributed by atoms with Gasteiger partial charge in [0, 0.05) is 8.41 Å². The van der Waals surface area contributed by atoms with E-state index < -0.39 is 0 Å². The molecule has 0 aromatic rings. The maximum absolute atomic E-state index is 2.21. The van der Waals surface area contributed by atoms with Crippen molar-refractivity contribution < 1.29 is 5.48 Å². The molecule has 0 fully saturated rings. The summed E-state index contributed by atoms with van der Waals surface area (Å²) in [6.07, 6.45) is 4.08. The molecule has 0 amide bonds. The Labute approximate surface area is 48.0 Å². The second-order valence-corrected chi connectivity index (χ2v) is 1.35. The Bertz CT molecular complexity index is 15.6. The Morgan fingerprint density at radius 3 is 1.29 bits per heavy atom. The highest BCUT2D eigenvalue weighted by molar-refractivity contribution is 5.75. The lowest BCUT2D eigenvalue weighted by atomic mass is 10.3. The van der Waals surface area contributed by atoms with Crippen LogP contribution in [0.25, 0.3) is 0 Å². The summed E-state index contributed by atoms with van der Waals surface area (Å²) in [4.78, 5) is 0. The van der Waals surface area contributed by atoms with Gasteiger partial charge in [0.15, 0.2) is 0 Å². The van der Waals surface area contributed by atoms with Crippen LogP contribution in [0.4, 0.5) is 0 Å². The van der Waals surface area contributed by atoms with Crippen molar-refractivity contribution in [1.29, 1.82) is 0 Å². The van der Waals surface area contributed by atoms with Crippen LogP contribution >= 0.6 is 0 Å². The number of hydrogen-bond acceptors (Lipinski definition) is 0. The lowest BCUT2D eigenvalue weighted by molar-refractivity contribution is 0.772. The molecule has 2 heteroatoms. The Morgan fingerprint density at radius 1 is 1.00 bits per heavy atom. The van der Waals surface area contributed by atoms with Gasteiger partial charge in [0.2, 0.25) is 0 Å². The van der Waals surface area contributed by atoms with Crippen molar-refractivity contribution >= 4 is 8.41 Å². The van der Waals surface area contributed by atoms with Crippen LogP contribution in [0, 0.1) is 0 Å². The van der Waals surface area contributed by atoms with Gasteiger partial charge >= 0.3 is 0 Å². The van der Waals surface area contributed by atoms with Gasteiger partial charge in [-0.25, -0.2) is 0 Å². The monoisotopic (exact) mass is 101 g/mol. The van der Waals surface area contributed by atoms with E-state index in [1.807, 2.05) is 0 Å². The van der Waals surface area contributed by atoms with Crippen molar-refractivity contribution in [3.63, 3.8) is 0 Å². The van der Waals surface area contributed by atoms with Crippen LogP contribution < -0.4 is 0 Å². The normalized spacial score (nSPS) is 6.00. The van der Waals surface area contributed by atoms with E-state index in [4.69, 9.17) is 0 Å². The summed E-state index contributed by atoms with van der Waals surface area (Å²) in [6.45, 7) is 4.42. The molecule has 0 aliphatic heterocycles. The van der Waals surface area contributed by atoms with Crippen LogP contribution in [0.2, 0.25) is 0 Å². The summed E-state index contributed by atoms with van der Waals surface area (Å²) >= 11 is 0. The Kier molecular flexibility index (Phi) is 37.4. The quantitative estimate of drug-likeness (QED) is 0.464. The number of unbranched alkanes of at least 4 members (excludes halogenated alkanes) is 2. The SMILES string of the molecule is CCCCC.O.[B]. The van der Waals surface area contributed by atoms with Crippen LogP contribution in [0.1, 0.15) is 33.1 Å². The molecule has 1 nitrogen and oxygen atoms in total. The van der Waals surface area contributed by atoms with E-state index in [0.29, 0.717) is 0 Å². The fourth-order valence-electron chi connectivity index (χ4n) is 0.354. The minimum Gasteiger partial charge on any atom is -0.412 e. The molecule has 7 heavy (non-hydrogen) atoms. The van der Waals surface area contributed by atoms with Crippen LogP contribution in [0.15, 0.2) is 0 Å². The Balaban J connectivity index is -0.0000000800. The van der Waals surface area contributed by atoms with E-state index in [1.165, 1.54) is 19.3 Å². The predicted molar refractivity (Wildman–Crippen MR) is 34.6 cm³/mol. The summed E-state index contributed by atoms with van der Waals surface area (Å²) in [5.41, 5.74) is 0. The van der Waals surface area contributed by atoms with E-state index in [1.54, 1.807) is 0 Å². The smallest absolute Gasteiger partial charge is 0 e. The summed E-state index contributed by atoms with van der Waals surface area (Å²) in [5, 5.41) is 0. The van der Waals surface area contributed by atoms with E-state index in [9.17, 15) is 0 Å². The van der Waals surface area contributed by atoms with E-state index in [2.05, 4.69) is 13.8 Å². The fourth-order valence-corrected chi connectivity index (χ4v) is 0.354. The zero-order chi connectivity index (χ0) is 4.12. The minimum absolute atomic E-state index is 0. The Morgan fingerprint density at radius 2 is 1.29 bits per heavy atom. The zero-order valence-electron chi connectivity index (χ0n) is 5.20. The first-order chi connectivity index (χ1) is 2.41. The van der Waals surface area contributed by atoms with Gasteiger partial charge in [-0.15, -0.1) is 0 Å². The summed E-state index contributed by atoms with van der Waals surface area (Å²) in [5.74, 6) is 0. The molecule has 0 aromatic heterocycles. The maximum Gasteiger partial charge on any atom is 0 e. The Hall–Kier alpha value is 0.0249. The highest BCUT2D eigenvalue weighted by atomic mass is 16.0. The molecule has 0 aliphatic carbocycles. The number of rotatable bonds is 2. The summed E-state index contributed by atoms with van der Waals surface area (Å²) in [7, 11) is 0. The van der Waals surface area contributed by atoms with Crippen molar-refractivity contribution in [1.82, 2.24) is 0 Å². The lowest BCUT2D eigenvalue weighted by Crippen LogP contribution is -1.59. The van der Waals surface area contributed by atoms with E-state index in [0.717, 1.165) is 0 Å². The van der Waals surface area contributed by atoms with Gasteiger partial charge in [-0.05, 0) is 0 Å². The molecule has 0 aromatic carbocycles. The first kappa shape index (κ1) is 15.7. The fraction of sp³-hybridized carbons (Fsp3) is 1.00. The second-order valence-electron chi connectivity index (χ2n) is 1.35. The molecule has 3 radical (unpaired) electrons. The van der Waals surface area contributed by atoms with Gasteiger partial charge in [0.25, 0.3) is 0 Å². The third-order valence-corrected chi connectivity index (χ3v) is 0.707. The molecule has 2 N–H and O–H groups in total. The van der Waals surface area contributed by atoms with E-state index in [-0.39, 0.29) is 13.9 Å². The van der Waals surface area contributed by atoms with Crippen LogP contribution in [-0.2, 0) is 0 Å². The third kappa shape index (κ3) is 23.8. The third-order valence-electron chi connectivity index (χ3n) is 0.707. The first-order valence-corrected chi connectivity index (χ1v) is 2.41. The van der Waals surface area contributed by atoms with Crippen molar-refractivity contribution in [2.24, 2.45) is 0 Å². The van der Waals surface area contributed by atoms with Gasteiger partial charge in [0.1, 0.15) is 0 Å². The number of hydrogen-bond donors (Lipinski definition) is 0. The average molecular weight is 101 g/mol. The molecule has 0 atom stereocenters. The molecule has 0 heterocycles. The van der Waals surface area contributed by atoms with Crippen LogP contribution in [0.3, 0.4) is 0 Å². The van der Waals surface area contributed by atoms with E-state index >= 15 is 0 Å². The van der Waals surface area contributed by atoms with Gasteiger partial charge < -0.3 is 5.48 Å². The molecule has 0 saturated carbocycles. The molecule has 0 saturated heterocycles.